The molecule has 0 aromatic carbocycles. The number of hydrogen-bond donors (Lipinski definition) is 2. The summed E-state index contributed by atoms with van der Waals surface area (Å²) < 4.78 is 0. The summed E-state index contributed by atoms with van der Waals surface area (Å²) in [5, 5.41) is 2.97. The summed E-state index contributed by atoms with van der Waals surface area (Å²) in [6.07, 6.45) is 5.65. The first-order chi connectivity index (χ1) is 10.6. The zero-order valence-corrected chi connectivity index (χ0v) is 12.8. The molecule has 5 nitrogen and oxygen atoms in total. The average molecular weight is 297 g/mol. The molecule has 2 aromatic heterocycles. The molecule has 0 radical (unpaired) electrons. The molecule has 2 heterocycles. The summed E-state index contributed by atoms with van der Waals surface area (Å²) in [6, 6.07) is 3.63. The number of amides is 1. The van der Waals surface area contributed by atoms with Crippen LogP contribution in [0.5, 0.6) is 0 Å². The van der Waals surface area contributed by atoms with Gasteiger partial charge in [0, 0.05) is 30.1 Å². The summed E-state index contributed by atoms with van der Waals surface area (Å²) in [6.45, 7) is 3.77. The molecule has 114 valence electrons. The van der Waals surface area contributed by atoms with E-state index in [4.69, 9.17) is 0 Å². The van der Waals surface area contributed by atoms with Gasteiger partial charge in [-0.05, 0) is 49.9 Å². The van der Waals surface area contributed by atoms with E-state index in [0.717, 1.165) is 29.7 Å². The van der Waals surface area contributed by atoms with Crippen LogP contribution in [0.25, 0.3) is 0 Å². The van der Waals surface area contributed by atoms with Crippen molar-refractivity contribution in [3.8, 4) is 0 Å². The number of Topliss-reactive ketones (excluding diaryl/α,β-unsaturated/α-hetero) is 1. The quantitative estimate of drug-likeness (QED) is 0.914. The topological polar surface area (TPSA) is 74.8 Å². The van der Waals surface area contributed by atoms with Crippen molar-refractivity contribution in [2.24, 2.45) is 0 Å². The van der Waals surface area contributed by atoms with Gasteiger partial charge in [-0.2, -0.15) is 0 Å². The van der Waals surface area contributed by atoms with Crippen LogP contribution in [0.3, 0.4) is 0 Å². The van der Waals surface area contributed by atoms with E-state index in [2.05, 4.69) is 15.3 Å². The minimum Gasteiger partial charge on any atom is -0.354 e. The number of aromatic amines is 1. The minimum absolute atomic E-state index is 0.120. The summed E-state index contributed by atoms with van der Waals surface area (Å²) in [7, 11) is 0. The second kappa shape index (κ2) is 5.75. The van der Waals surface area contributed by atoms with Crippen molar-refractivity contribution in [3.63, 3.8) is 0 Å². The van der Waals surface area contributed by atoms with Gasteiger partial charge in [-0.1, -0.05) is 0 Å². The first kappa shape index (κ1) is 14.5. The van der Waals surface area contributed by atoms with Crippen molar-refractivity contribution in [2.75, 3.05) is 0 Å². The Labute approximate surface area is 129 Å². The highest BCUT2D eigenvalue weighted by molar-refractivity contribution is 6.04. The summed E-state index contributed by atoms with van der Waals surface area (Å²) in [4.78, 5) is 31.7. The van der Waals surface area contributed by atoms with E-state index in [1.54, 1.807) is 12.4 Å². The number of nitrogens with one attached hydrogen (secondary N) is 2. The van der Waals surface area contributed by atoms with Crippen molar-refractivity contribution in [1.82, 2.24) is 15.3 Å². The highest BCUT2D eigenvalue weighted by atomic mass is 16.2. The SMILES string of the molecule is Cc1c(C(=O)N[C@H](C)c2ccncc2)[nH]c2c1C(=O)CCC2. The lowest BCUT2D eigenvalue weighted by atomic mass is 9.94. The van der Waals surface area contributed by atoms with Crippen molar-refractivity contribution in [1.29, 1.82) is 0 Å². The summed E-state index contributed by atoms with van der Waals surface area (Å²) in [5.74, 6) is -0.0414. The number of carbonyl (C=O) groups excluding carboxylic acids is 2. The van der Waals surface area contributed by atoms with E-state index < -0.39 is 0 Å². The number of fused-ring (bicyclic) bond motifs is 1. The lowest BCUT2D eigenvalue weighted by Crippen LogP contribution is -2.27. The smallest absolute Gasteiger partial charge is 0.268 e. The largest absolute Gasteiger partial charge is 0.354 e. The van der Waals surface area contributed by atoms with Crippen molar-refractivity contribution in [3.05, 3.63) is 52.6 Å². The van der Waals surface area contributed by atoms with E-state index in [9.17, 15) is 9.59 Å². The monoisotopic (exact) mass is 297 g/mol. The van der Waals surface area contributed by atoms with Crippen LogP contribution >= 0.6 is 0 Å². The van der Waals surface area contributed by atoms with E-state index in [1.165, 1.54) is 0 Å². The molecule has 0 aliphatic heterocycles. The van der Waals surface area contributed by atoms with Gasteiger partial charge in [0.15, 0.2) is 5.78 Å². The standard InChI is InChI=1S/C17H19N3O2/c1-10-15-13(4-3-5-14(15)21)20-16(10)17(22)19-11(2)12-6-8-18-9-7-12/h6-9,11,20H,3-5H2,1-2H3,(H,19,22)/t11-/m1/s1. The summed E-state index contributed by atoms with van der Waals surface area (Å²) in [5.41, 5.74) is 3.87. The predicted octanol–water partition coefficient (Wildman–Crippen LogP) is 2.73. The molecule has 0 fully saturated rings. The molecule has 0 spiro atoms. The second-order valence-corrected chi connectivity index (χ2v) is 5.73. The third-order valence-electron chi connectivity index (χ3n) is 4.22. The van der Waals surface area contributed by atoms with Crippen molar-refractivity contribution >= 4 is 11.7 Å². The Kier molecular flexibility index (Phi) is 3.79. The van der Waals surface area contributed by atoms with Crippen LogP contribution in [0, 0.1) is 6.92 Å². The van der Waals surface area contributed by atoms with Crippen LogP contribution in [0.1, 0.15) is 63.5 Å². The molecule has 0 saturated carbocycles. The minimum atomic E-state index is -0.177. The fourth-order valence-electron chi connectivity index (χ4n) is 3.01. The predicted molar refractivity (Wildman–Crippen MR) is 82.9 cm³/mol. The van der Waals surface area contributed by atoms with E-state index in [0.29, 0.717) is 17.7 Å². The first-order valence-electron chi connectivity index (χ1n) is 7.53. The Hall–Kier alpha value is -2.43. The van der Waals surface area contributed by atoms with Gasteiger partial charge in [-0.3, -0.25) is 14.6 Å². The maximum atomic E-state index is 12.5. The number of pyridine rings is 1. The van der Waals surface area contributed by atoms with Crippen molar-refractivity contribution < 1.29 is 9.59 Å². The van der Waals surface area contributed by atoms with Gasteiger partial charge in [0.2, 0.25) is 0 Å². The number of nitrogens with zero attached hydrogens (tertiary/aromatic N) is 1. The molecule has 3 rings (SSSR count). The third kappa shape index (κ3) is 2.54. The van der Waals surface area contributed by atoms with Gasteiger partial charge in [0.25, 0.3) is 5.91 Å². The molecular weight excluding hydrogens is 278 g/mol. The Balaban J connectivity index is 1.83. The van der Waals surface area contributed by atoms with Crippen LogP contribution in [0.2, 0.25) is 0 Å². The van der Waals surface area contributed by atoms with Crippen LogP contribution in [-0.4, -0.2) is 21.7 Å². The zero-order valence-electron chi connectivity index (χ0n) is 12.8. The fourth-order valence-corrected chi connectivity index (χ4v) is 3.01. The number of aryl methyl sites for hydroxylation is 1. The van der Waals surface area contributed by atoms with Gasteiger partial charge >= 0.3 is 0 Å². The molecule has 2 N–H and O–H groups in total. The van der Waals surface area contributed by atoms with Crippen molar-refractivity contribution in [2.45, 2.75) is 39.2 Å². The van der Waals surface area contributed by atoms with Crippen LogP contribution in [0.15, 0.2) is 24.5 Å². The van der Waals surface area contributed by atoms with Gasteiger partial charge in [-0.15, -0.1) is 0 Å². The number of rotatable bonds is 3. The van der Waals surface area contributed by atoms with Gasteiger partial charge in [-0.25, -0.2) is 0 Å². The fraction of sp³-hybridized carbons (Fsp3) is 0.353. The van der Waals surface area contributed by atoms with Crippen LogP contribution < -0.4 is 5.32 Å². The van der Waals surface area contributed by atoms with Crippen LogP contribution in [-0.2, 0) is 6.42 Å². The molecule has 5 heteroatoms. The molecule has 0 saturated heterocycles. The number of ketones is 1. The molecule has 1 amide bonds. The molecule has 22 heavy (non-hydrogen) atoms. The number of carbonyl (C=O) groups is 2. The van der Waals surface area contributed by atoms with E-state index in [1.807, 2.05) is 26.0 Å². The van der Waals surface area contributed by atoms with E-state index in [-0.39, 0.29) is 17.7 Å². The van der Waals surface area contributed by atoms with E-state index >= 15 is 0 Å². The number of aromatic nitrogens is 2. The highest BCUT2D eigenvalue weighted by Gasteiger charge is 2.26. The maximum Gasteiger partial charge on any atom is 0.268 e. The average Bonchev–Trinajstić information content (AvgIpc) is 2.86. The molecule has 0 bridgehead atoms. The Morgan fingerprint density at radius 2 is 2.05 bits per heavy atom. The molecule has 1 atom stereocenters. The second-order valence-electron chi connectivity index (χ2n) is 5.73. The molecule has 1 aliphatic rings. The Morgan fingerprint density at radius 1 is 1.32 bits per heavy atom. The maximum absolute atomic E-state index is 12.5. The lowest BCUT2D eigenvalue weighted by molar-refractivity contribution is 0.0934. The highest BCUT2D eigenvalue weighted by Crippen LogP contribution is 2.26. The molecule has 1 aliphatic carbocycles. The molecule has 2 aromatic rings. The molecule has 0 unspecified atom stereocenters. The van der Waals surface area contributed by atoms with Crippen LogP contribution in [0.4, 0.5) is 0 Å². The number of hydrogen-bond acceptors (Lipinski definition) is 3. The molecular formula is C17H19N3O2. The third-order valence-corrected chi connectivity index (χ3v) is 4.22. The Bertz CT molecular complexity index is 719. The Morgan fingerprint density at radius 3 is 2.73 bits per heavy atom. The number of H-pyrrole nitrogens is 1. The summed E-state index contributed by atoms with van der Waals surface area (Å²) >= 11 is 0. The first-order valence-corrected chi connectivity index (χ1v) is 7.53. The zero-order chi connectivity index (χ0) is 15.7. The lowest BCUT2D eigenvalue weighted by Gasteiger charge is -2.13. The van der Waals surface area contributed by atoms with Gasteiger partial charge < -0.3 is 10.3 Å². The normalized spacial score (nSPS) is 15.3. The van der Waals surface area contributed by atoms with Gasteiger partial charge in [0.05, 0.1) is 6.04 Å². The van der Waals surface area contributed by atoms with Gasteiger partial charge in [0.1, 0.15) is 5.69 Å².